The van der Waals surface area contributed by atoms with Crippen LogP contribution in [0.3, 0.4) is 0 Å². The summed E-state index contributed by atoms with van der Waals surface area (Å²) in [6.45, 7) is 4.52. The second-order valence-corrected chi connectivity index (χ2v) is 9.46. The van der Waals surface area contributed by atoms with Gasteiger partial charge in [0.15, 0.2) is 0 Å². The van der Waals surface area contributed by atoms with Crippen molar-refractivity contribution in [2.75, 3.05) is 31.7 Å². The van der Waals surface area contributed by atoms with E-state index in [2.05, 4.69) is 28.6 Å². The van der Waals surface area contributed by atoms with Crippen LogP contribution in [0.4, 0.5) is 0 Å². The minimum absolute atomic E-state index is 0.218. The van der Waals surface area contributed by atoms with Crippen molar-refractivity contribution in [3.63, 3.8) is 0 Å². The molecule has 5 atom stereocenters. The molecule has 5 rings (SSSR count). The third kappa shape index (κ3) is 4.03. The average Bonchev–Trinajstić information content (AvgIpc) is 2.75. The van der Waals surface area contributed by atoms with Gasteiger partial charge in [0.1, 0.15) is 5.75 Å². The standard InChI is InChI=1S/C23H32N2O2S/c1-3-11-28-12-8-17-15-25-10-7-16(17)13-22(25)23(26)19-6-9-24-21-5-4-18(27-2)14-20(19)21/h4-6,9,14,16-17,22-23,26H,3,7-8,10-13,15H2,1-2H3/t16-,17-,22+,23-/m0/s1. The molecule has 4 heterocycles. The molecule has 3 aliphatic heterocycles. The predicted molar refractivity (Wildman–Crippen MR) is 117 cm³/mol. The number of methoxy groups -OCH3 is 1. The van der Waals surface area contributed by atoms with Crippen LogP contribution in [0, 0.1) is 11.8 Å². The number of aliphatic hydroxyl groups excluding tert-OH is 1. The number of thioether (sulfide) groups is 1. The SMILES string of the molecule is CCCSCC[C@H]1CN2CC[C@H]1C[C@@H]2[C@@H](O)c1ccnc2ccc(OC)cc12. The molecule has 2 aromatic rings. The fourth-order valence-electron chi connectivity index (χ4n) is 5.06. The van der Waals surface area contributed by atoms with Crippen LogP contribution in [0.25, 0.3) is 10.9 Å². The number of hydrogen-bond acceptors (Lipinski definition) is 5. The lowest BCUT2D eigenvalue weighted by Gasteiger charge is -2.51. The van der Waals surface area contributed by atoms with Gasteiger partial charge in [0.05, 0.1) is 18.7 Å². The van der Waals surface area contributed by atoms with Crippen LogP contribution in [0.15, 0.2) is 30.5 Å². The highest BCUT2D eigenvalue weighted by atomic mass is 32.2. The van der Waals surface area contributed by atoms with Crippen molar-refractivity contribution in [2.24, 2.45) is 11.8 Å². The smallest absolute Gasteiger partial charge is 0.119 e. The van der Waals surface area contributed by atoms with E-state index in [1.54, 1.807) is 7.11 Å². The highest BCUT2D eigenvalue weighted by molar-refractivity contribution is 7.99. The number of benzene rings is 1. The third-order valence-electron chi connectivity index (χ3n) is 6.58. The minimum Gasteiger partial charge on any atom is -0.497 e. The molecule has 5 heteroatoms. The number of pyridine rings is 1. The molecular weight excluding hydrogens is 368 g/mol. The van der Waals surface area contributed by atoms with E-state index in [-0.39, 0.29) is 6.04 Å². The van der Waals surface area contributed by atoms with E-state index in [1.165, 1.54) is 30.8 Å². The molecule has 3 fully saturated rings. The van der Waals surface area contributed by atoms with Gasteiger partial charge in [-0.2, -0.15) is 11.8 Å². The maximum Gasteiger partial charge on any atom is 0.119 e. The summed E-state index contributed by atoms with van der Waals surface area (Å²) in [7, 11) is 1.68. The van der Waals surface area contributed by atoms with Gasteiger partial charge in [0.25, 0.3) is 0 Å². The van der Waals surface area contributed by atoms with E-state index in [4.69, 9.17) is 4.74 Å². The zero-order chi connectivity index (χ0) is 19.5. The van der Waals surface area contributed by atoms with Crippen LogP contribution < -0.4 is 4.74 Å². The molecule has 4 nitrogen and oxygen atoms in total. The first-order valence-electron chi connectivity index (χ1n) is 10.6. The summed E-state index contributed by atoms with van der Waals surface area (Å²) in [4.78, 5) is 7.02. The second kappa shape index (κ2) is 9.02. The molecule has 3 saturated heterocycles. The van der Waals surface area contributed by atoms with Crippen LogP contribution in [-0.2, 0) is 0 Å². The lowest BCUT2D eigenvalue weighted by molar-refractivity contribution is -0.0559. The zero-order valence-electron chi connectivity index (χ0n) is 17.0. The number of hydrogen-bond donors (Lipinski definition) is 1. The van der Waals surface area contributed by atoms with Gasteiger partial charge in [-0.05, 0) is 85.4 Å². The van der Waals surface area contributed by atoms with Crippen molar-refractivity contribution in [1.82, 2.24) is 9.88 Å². The maximum atomic E-state index is 11.3. The highest BCUT2D eigenvalue weighted by Gasteiger charge is 2.42. The Kier molecular flexibility index (Phi) is 6.44. The van der Waals surface area contributed by atoms with E-state index in [0.29, 0.717) is 0 Å². The van der Waals surface area contributed by atoms with Gasteiger partial charge in [0, 0.05) is 24.2 Å². The van der Waals surface area contributed by atoms with Crippen molar-refractivity contribution < 1.29 is 9.84 Å². The van der Waals surface area contributed by atoms with Crippen LogP contribution in [0.2, 0.25) is 0 Å². The summed E-state index contributed by atoms with van der Waals surface area (Å²) in [6.07, 6.45) is 6.33. The van der Waals surface area contributed by atoms with Gasteiger partial charge in [-0.15, -0.1) is 0 Å². The molecule has 2 bridgehead atoms. The van der Waals surface area contributed by atoms with Crippen molar-refractivity contribution in [2.45, 2.75) is 44.8 Å². The molecule has 1 aromatic heterocycles. The number of rotatable bonds is 8. The Morgan fingerprint density at radius 2 is 2.21 bits per heavy atom. The quantitative estimate of drug-likeness (QED) is 0.660. The molecule has 0 aliphatic carbocycles. The van der Waals surface area contributed by atoms with Crippen LogP contribution in [-0.4, -0.2) is 52.7 Å². The monoisotopic (exact) mass is 400 g/mol. The van der Waals surface area contributed by atoms with Gasteiger partial charge >= 0.3 is 0 Å². The molecule has 0 saturated carbocycles. The Morgan fingerprint density at radius 3 is 2.96 bits per heavy atom. The topological polar surface area (TPSA) is 45.6 Å². The predicted octanol–water partition coefficient (Wildman–Crippen LogP) is 4.52. The van der Waals surface area contributed by atoms with Crippen molar-refractivity contribution in [3.05, 3.63) is 36.0 Å². The lowest BCUT2D eigenvalue weighted by Crippen LogP contribution is -2.55. The fraction of sp³-hybridized carbons (Fsp3) is 0.609. The second-order valence-electron chi connectivity index (χ2n) is 8.24. The molecule has 3 aliphatic rings. The number of aliphatic hydroxyl groups is 1. The summed E-state index contributed by atoms with van der Waals surface area (Å²) in [5.41, 5.74) is 1.90. The Balaban J connectivity index is 1.49. The number of fused-ring (bicyclic) bond motifs is 4. The minimum atomic E-state index is -0.476. The summed E-state index contributed by atoms with van der Waals surface area (Å²) in [5.74, 6) is 4.93. The fourth-order valence-corrected chi connectivity index (χ4v) is 6.02. The van der Waals surface area contributed by atoms with E-state index in [1.807, 2.05) is 30.5 Å². The van der Waals surface area contributed by atoms with Gasteiger partial charge in [-0.3, -0.25) is 9.88 Å². The van der Waals surface area contributed by atoms with Gasteiger partial charge in [0.2, 0.25) is 0 Å². The van der Waals surface area contributed by atoms with Crippen molar-refractivity contribution in [1.29, 1.82) is 0 Å². The molecule has 28 heavy (non-hydrogen) atoms. The van der Waals surface area contributed by atoms with Crippen LogP contribution >= 0.6 is 11.8 Å². The first-order chi connectivity index (χ1) is 13.7. The summed E-state index contributed by atoms with van der Waals surface area (Å²) >= 11 is 2.10. The van der Waals surface area contributed by atoms with Crippen molar-refractivity contribution in [3.8, 4) is 5.75 Å². The molecule has 0 spiro atoms. The Bertz CT molecular complexity index is 799. The van der Waals surface area contributed by atoms with E-state index in [9.17, 15) is 5.11 Å². The molecule has 1 N–H and O–H groups in total. The first kappa shape index (κ1) is 20.0. The van der Waals surface area contributed by atoms with Crippen LogP contribution in [0.5, 0.6) is 5.75 Å². The molecule has 0 amide bonds. The number of piperidine rings is 3. The molecule has 1 unspecified atom stereocenters. The Hall–Kier alpha value is -1.30. The normalized spacial score (nSPS) is 27.8. The molecule has 1 aromatic carbocycles. The van der Waals surface area contributed by atoms with Gasteiger partial charge in [-0.1, -0.05) is 6.92 Å². The summed E-state index contributed by atoms with van der Waals surface area (Å²) in [6, 6.07) is 8.11. The molecular formula is C23H32N2O2S. The lowest BCUT2D eigenvalue weighted by atomic mass is 9.72. The van der Waals surface area contributed by atoms with Crippen LogP contribution in [0.1, 0.15) is 44.3 Å². The maximum absolute atomic E-state index is 11.3. The Labute approximate surface area is 172 Å². The first-order valence-corrected chi connectivity index (χ1v) is 11.8. The highest BCUT2D eigenvalue weighted by Crippen LogP contribution is 2.43. The Morgan fingerprint density at radius 1 is 1.32 bits per heavy atom. The van der Waals surface area contributed by atoms with Gasteiger partial charge < -0.3 is 9.84 Å². The number of ether oxygens (including phenoxy) is 1. The third-order valence-corrected chi connectivity index (χ3v) is 7.80. The van der Waals surface area contributed by atoms with Crippen molar-refractivity contribution >= 4 is 22.7 Å². The largest absolute Gasteiger partial charge is 0.497 e. The average molecular weight is 401 g/mol. The zero-order valence-corrected chi connectivity index (χ0v) is 17.8. The number of aromatic nitrogens is 1. The molecule has 0 radical (unpaired) electrons. The summed E-state index contributed by atoms with van der Waals surface area (Å²) < 4.78 is 5.40. The summed E-state index contributed by atoms with van der Waals surface area (Å²) in [5, 5.41) is 12.4. The van der Waals surface area contributed by atoms with E-state index >= 15 is 0 Å². The molecule has 152 valence electrons. The van der Waals surface area contributed by atoms with Gasteiger partial charge in [-0.25, -0.2) is 0 Å². The van der Waals surface area contributed by atoms with E-state index < -0.39 is 6.10 Å². The van der Waals surface area contributed by atoms with E-state index in [0.717, 1.165) is 53.6 Å². The number of nitrogens with zero attached hydrogens (tertiary/aromatic N) is 2.